The van der Waals surface area contributed by atoms with Crippen LogP contribution in [-0.4, -0.2) is 36.3 Å². The van der Waals surface area contributed by atoms with E-state index in [1.807, 2.05) is 48.5 Å². The minimum absolute atomic E-state index is 0.144. The van der Waals surface area contributed by atoms with Gasteiger partial charge in [-0.3, -0.25) is 4.79 Å². The molecule has 0 aliphatic carbocycles. The lowest BCUT2D eigenvalue weighted by Crippen LogP contribution is -2.16. The second-order valence-corrected chi connectivity index (χ2v) is 9.64. The van der Waals surface area contributed by atoms with E-state index in [1.54, 1.807) is 29.5 Å². The van der Waals surface area contributed by atoms with E-state index in [2.05, 4.69) is 38.0 Å². The minimum atomic E-state index is -0.510. The van der Waals surface area contributed by atoms with Gasteiger partial charge in [0.05, 0.1) is 15.6 Å². The predicted octanol–water partition coefficient (Wildman–Crippen LogP) is 6.03. The molecule has 3 aromatic carbocycles. The van der Waals surface area contributed by atoms with Gasteiger partial charge in [-0.05, 0) is 45.7 Å². The van der Waals surface area contributed by atoms with Crippen LogP contribution in [0.4, 0.5) is 5.13 Å². The molecule has 180 valence electrons. The van der Waals surface area contributed by atoms with Crippen LogP contribution in [0.5, 0.6) is 0 Å². The molecule has 0 atom stereocenters. The maximum atomic E-state index is 13.3. The molecule has 5 rings (SSSR count). The number of aromatic nitrogens is 6. The summed E-state index contributed by atoms with van der Waals surface area (Å²) >= 11 is 14.1. The Morgan fingerprint density at radius 3 is 2.33 bits per heavy atom. The van der Waals surface area contributed by atoms with Crippen LogP contribution in [0.2, 0.25) is 10.0 Å². The van der Waals surface area contributed by atoms with E-state index in [4.69, 9.17) is 23.2 Å². The fourth-order valence-corrected chi connectivity index (χ4v) is 4.91. The number of carbonyl (C=O) groups excluding carboxylic acids is 1. The molecular formula is C25H19Cl2N7OS. The highest BCUT2D eigenvalue weighted by atomic mass is 35.5. The van der Waals surface area contributed by atoms with Gasteiger partial charge in [-0.2, -0.15) is 4.68 Å². The van der Waals surface area contributed by atoms with Crippen molar-refractivity contribution in [2.24, 2.45) is 0 Å². The number of tetrazole rings is 1. The summed E-state index contributed by atoms with van der Waals surface area (Å²) in [5.41, 5.74) is 3.77. The topological polar surface area (TPSA) is 98.5 Å². The number of hydrogen-bond acceptors (Lipinski definition) is 8. The van der Waals surface area contributed by atoms with Gasteiger partial charge in [-0.1, -0.05) is 96.1 Å². The zero-order valence-electron chi connectivity index (χ0n) is 19.0. The average Bonchev–Trinajstić information content (AvgIpc) is 3.57. The molecule has 0 amide bonds. The third kappa shape index (κ3) is 4.86. The SMILES string of the molecule is CCc1nnc(NCc2ccc(-c3ccccc3-c3nnnn3C(=O)c3c(Cl)cccc3Cl)cc2)s1. The Balaban J connectivity index is 1.43. The zero-order valence-corrected chi connectivity index (χ0v) is 21.3. The van der Waals surface area contributed by atoms with Crippen LogP contribution >= 0.6 is 34.5 Å². The minimum Gasteiger partial charge on any atom is -0.356 e. The highest BCUT2D eigenvalue weighted by molar-refractivity contribution is 7.15. The zero-order chi connectivity index (χ0) is 25.1. The summed E-state index contributed by atoms with van der Waals surface area (Å²) in [6.45, 7) is 2.69. The lowest BCUT2D eigenvalue weighted by Gasteiger charge is -2.11. The molecule has 0 saturated carbocycles. The van der Waals surface area contributed by atoms with E-state index in [0.29, 0.717) is 17.9 Å². The molecule has 0 aliphatic heterocycles. The molecule has 2 heterocycles. The van der Waals surface area contributed by atoms with E-state index in [-0.39, 0.29) is 15.6 Å². The van der Waals surface area contributed by atoms with E-state index in [0.717, 1.165) is 37.9 Å². The van der Waals surface area contributed by atoms with Crippen LogP contribution in [0.1, 0.15) is 27.9 Å². The molecule has 36 heavy (non-hydrogen) atoms. The van der Waals surface area contributed by atoms with Gasteiger partial charge >= 0.3 is 0 Å². The van der Waals surface area contributed by atoms with Gasteiger partial charge < -0.3 is 5.32 Å². The Bertz CT molecular complexity index is 1510. The Hall–Kier alpha value is -3.66. The number of hydrogen-bond donors (Lipinski definition) is 1. The molecule has 5 aromatic rings. The molecule has 8 nitrogen and oxygen atoms in total. The van der Waals surface area contributed by atoms with Crippen LogP contribution in [0.15, 0.2) is 66.7 Å². The monoisotopic (exact) mass is 535 g/mol. The summed E-state index contributed by atoms with van der Waals surface area (Å²) in [4.78, 5) is 13.3. The maximum absolute atomic E-state index is 13.3. The van der Waals surface area contributed by atoms with Crippen molar-refractivity contribution in [2.75, 3.05) is 5.32 Å². The first-order valence-electron chi connectivity index (χ1n) is 11.1. The second kappa shape index (κ2) is 10.5. The van der Waals surface area contributed by atoms with Crippen molar-refractivity contribution >= 4 is 45.6 Å². The van der Waals surface area contributed by atoms with Crippen molar-refractivity contribution in [2.45, 2.75) is 19.9 Å². The van der Waals surface area contributed by atoms with Gasteiger partial charge in [-0.15, -0.1) is 15.3 Å². The van der Waals surface area contributed by atoms with Crippen molar-refractivity contribution < 1.29 is 4.79 Å². The van der Waals surface area contributed by atoms with Crippen molar-refractivity contribution in [1.82, 2.24) is 30.4 Å². The van der Waals surface area contributed by atoms with Gasteiger partial charge in [0, 0.05) is 12.1 Å². The number of rotatable bonds is 7. The molecule has 2 aromatic heterocycles. The largest absolute Gasteiger partial charge is 0.356 e. The van der Waals surface area contributed by atoms with Crippen LogP contribution in [0.3, 0.4) is 0 Å². The highest BCUT2D eigenvalue weighted by Gasteiger charge is 2.23. The van der Waals surface area contributed by atoms with Crippen LogP contribution in [-0.2, 0) is 13.0 Å². The second-order valence-electron chi connectivity index (χ2n) is 7.77. The van der Waals surface area contributed by atoms with E-state index in [1.165, 1.54) is 0 Å². The number of nitrogens with zero attached hydrogens (tertiary/aromatic N) is 6. The Morgan fingerprint density at radius 1 is 0.917 bits per heavy atom. The molecule has 0 fully saturated rings. The lowest BCUT2D eigenvalue weighted by molar-refractivity contribution is 0.0945. The van der Waals surface area contributed by atoms with Gasteiger partial charge in [0.2, 0.25) is 5.13 Å². The van der Waals surface area contributed by atoms with Crippen LogP contribution in [0.25, 0.3) is 22.5 Å². The summed E-state index contributed by atoms with van der Waals surface area (Å²) in [6.07, 6.45) is 0.869. The number of aryl methyl sites for hydroxylation is 1. The summed E-state index contributed by atoms with van der Waals surface area (Å²) in [5.74, 6) is -0.218. The Morgan fingerprint density at radius 2 is 1.64 bits per heavy atom. The molecule has 0 saturated heterocycles. The van der Waals surface area contributed by atoms with Crippen molar-refractivity contribution in [3.05, 3.63) is 92.9 Å². The number of anilines is 1. The van der Waals surface area contributed by atoms with E-state index >= 15 is 0 Å². The van der Waals surface area contributed by atoms with Crippen LogP contribution < -0.4 is 5.32 Å². The van der Waals surface area contributed by atoms with Gasteiger partial charge in [0.15, 0.2) is 5.82 Å². The maximum Gasteiger partial charge on any atom is 0.284 e. The summed E-state index contributed by atoms with van der Waals surface area (Å²) < 4.78 is 1.12. The Labute approximate surface area is 220 Å². The van der Waals surface area contributed by atoms with E-state index < -0.39 is 5.91 Å². The van der Waals surface area contributed by atoms with E-state index in [9.17, 15) is 4.79 Å². The summed E-state index contributed by atoms with van der Waals surface area (Å²) in [7, 11) is 0. The number of carbonyl (C=O) groups is 1. The molecule has 0 bridgehead atoms. The summed E-state index contributed by atoms with van der Waals surface area (Å²) in [6, 6.07) is 20.6. The molecular weight excluding hydrogens is 517 g/mol. The number of halogens is 2. The first kappa shape index (κ1) is 24.1. The third-order valence-corrected chi connectivity index (χ3v) is 7.14. The predicted molar refractivity (Wildman–Crippen MR) is 141 cm³/mol. The highest BCUT2D eigenvalue weighted by Crippen LogP contribution is 2.32. The molecule has 0 radical (unpaired) electrons. The molecule has 0 aliphatic rings. The fourth-order valence-electron chi connectivity index (χ4n) is 3.68. The normalized spacial score (nSPS) is 11.0. The van der Waals surface area contributed by atoms with Crippen LogP contribution in [0, 0.1) is 0 Å². The van der Waals surface area contributed by atoms with Gasteiger partial charge in [0.1, 0.15) is 5.01 Å². The van der Waals surface area contributed by atoms with Crippen molar-refractivity contribution in [3.63, 3.8) is 0 Å². The first-order chi connectivity index (χ1) is 17.5. The molecule has 0 spiro atoms. The lowest BCUT2D eigenvalue weighted by atomic mass is 9.98. The molecule has 1 N–H and O–H groups in total. The third-order valence-electron chi connectivity index (χ3n) is 5.48. The first-order valence-corrected chi connectivity index (χ1v) is 12.6. The molecule has 11 heteroatoms. The average molecular weight is 536 g/mol. The number of benzene rings is 3. The smallest absolute Gasteiger partial charge is 0.284 e. The fraction of sp³-hybridized carbons (Fsp3) is 0.120. The number of nitrogens with one attached hydrogen (secondary N) is 1. The van der Waals surface area contributed by atoms with Gasteiger partial charge in [-0.25, -0.2) is 0 Å². The standard InChI is InChI=1S/C25H19Cl2N7OS/c1-2-21-29-31-25(36-21)28-14-15-10-12-16(13-11-15)17-6-3-4-7-18(17)23-30-32-33-34(23)24(35)22-19(26)8-5-9-20(22)27/h3-13H,2,14H2,1H3,(H,28,31). The van der Waals surface area contributed by atoms with Gasteiger partial charge in [0.25, 0.3) is 5.91 Å². The van der Waals surface area contributed by atoms with Crippen molar-refractivity contribution in [3.8, 4) is 22.5 Å². The Kier molecular flexibility index (Phi) is 7.04. The quantitative estimate of drug-likeness (QED) is 0.254. The van der Waals surface area contributed by atoms with Crippen molar-refractivity contribution in [1.29, 1.82) is 0 Å². The molecule has 0 unspecified atom stereocenters. The summed E-state index contributed by atoms with van der Waals surface area (Å²) in [5, 5.41) is 25.7.